The summed E-state index contributed by atoms with van der Waals surface area (Å²) in [7, 11) is 1.47. The Morgan fingerprint density at radius 2 is 2.00 bits per heavy atom. The minimum atomic E-state index is -1.13. The number of hydrogen-bond acceptors (Lipinski definition) is 4. The van der Waals surface area contributed by atoms with Crippen molar-refractivity contribution in [1.82, 2.24) is 14.7 Å². The summed E-state index contributed by atoms with van der Waals surface area (Å²) < 4.78 is 0. The maximum absolute atomic E-state index is 12.1. The second-order valence-corrected chi connectivity index (χ2v) is 4.79. The summed E-state index contributed by atoms with van der Waals surface area (Å²) in [5, 5.41) is 8.83. The lowest BCUT2D eigenvalue weighted by molar-refractivity contribution is -0.147. The first-order chi connectivity index (χ1) is 9.27. The number of aliphatic carboxylic acids is 1. The fourth-order valence-electron chi connectivity index (χ4n) is 1.91. The zero-order chi connectivity index (χ0) is 15.4. The average molecular weight is 285 g/mol. The van der Waals surface area contributed by atoms with E-state index in [4.69, 9.17) is 5.11 Å². The highest BCUT2D eigenvalue weighted by molar-refractivity contribution is 6.04. The molecule has 0 aromatic carbocycles. The van der Waals surface area contributed by atoms with E-state index < -0.39 is 36.9 Å². The van der Waals surface area contributed by atoms with Crippen LogP contribution in [0.15, 0.2) is 0 Å². The lowest BCUT2D eigenvalue weighted by Crippen LogP contribution is -2.48. The third kappa shape index (κ3) is 3.46. The second kappa shape index (κ2) is 6.36. The van der Waals surface area contributed by atoms with Gasteiger partial charge in [-0.15, -0.1) is 0 Å². The van der Waals surface area contributed by atoms with Gasteiger partial charge in [0.25, 0.3) is 5.91 Å². The summed E-state index contributed by atoms with van der Waals surface area (Å²) >= 11 is 0. The Morgan fingerprint density at radius 3 is 2.40 bits per heavy atom. The number of carboxylic acid groups (broad SMARTS) is 1. The number of carboxylic acids is 1. The molecule has 1 aliphatic heterocycles. The first-order valence-corrected chi connectivity index (χ1v) is 6.34. The quantitative estimate of drug-likeness (QED) is 0.669. The van der Waals surface area contributed by atoms with Gasteiger partial charge in [0, 0.05) is 13.1 Å². The number of likely N-dealkylation sites (N-methyl/N-ethyl adjacent to an activating group) is 1. The molecule has 0 aromatic rings. The highest BCUT2D eigenvalue weighted by Gasteiger charge is 2.36. The van der Waals surface area contributed by atoms with E-state index in [2.05, 4.69) is 0 Å². The molecule has 1 atom stereocenters. The van der Waals surface area contributed by atoms with E-state index >= 15 is 0 Å². The number of imide groups is 1. The smallest absolute Gasteiger partial charge is 0.327 e. The summed E-state index contributed by atoms with van der Waals surface area (Å²) in [5.41, 5.74) is 0. The van der Waals surface area contributed by atoms with Gasteiger partial charge in [-0.3, -0.25) is 19.3 Å². The monoisotopic (exact) mass is 285 g/mol. The van der Waals surface area contributed by atoms with Crippen molar-refractivity contribution in [3.63, 3.8) is 0 Å². The summed E-state index contributed by atoms with van der Waals surface area (Å²) in [5.74, 6) is -2.13. The standard InChI is InChI=1S/C12H19N3O5/c1-4-8(2)14(7-11(18)19)10(17)6-15-9(16)5-13(3)12(15)20/h8H,4-7H2,1-3H3,(H,18,19)/t8-/m1/s1. The Bertz CT molecular complexity index is 437. The van der Waals surface area contributed by atoms with Crippen LogP contribution in [0, 0.1) is 0 Å². The zero-order valence-corrected chi connectivity index (χ0v) is 11.8. The third-order valence-electron chi connectivity index (χ3n) is 3.27. The van der Waals surface area contributed by atoms with Crippen LogP contribution in [0.5, 0.6) is 0 Å². The zero-order valence-electron chi connectivity index (χ0n) is 11.8. The summed E-state index contributed by atoms with van der Waals surface area (Å²) in [4.78, 5) is 49.4. The second-order valence-electron chi connectivity index (χ2n) is 4.79. The van der Waals surface area contributed by atoms with Gasteiger partial charge in [-0.1, -0.05) is 6.92 Å². The van der Waals surface area contributed by atoms with E-state index in [1.165, 1.54) is 16.8 Å². The van der Waals surface area contributed by atoms with Crippen molar-refractivity contribution >= 4 is 23.8 Å². The summed E-state index contributed by atoms with van der Waals surface area (Å²) in [6.07, 6.45) is 0.584. The lowest BCUT2D eigenvalue weighted by Gasteiger charge is -2.28. The number of carbonyl (C=O) groups excluding carboxylic acids is 3. The molecule has 0 saturated carbocycles. The molecule has 1 N–H and O–H groups in total. The van der Waals surface area contributed by atoms with Crippen LogP contribution in [0.2, 0.25) is 0 Å². The van der Waals surface area contributed by atoms with Gasteiger partial charge in [0.05, 0.1) is 0 Å². The van der Waals surface area contributed by atoms with Gasteiger partial charge in [0.1, 0.15) is 19.6 Å². The summed E-state index contributed by atoms with van der Waals surface area (Å²) in [6.45, 7) is 2.63. The van der Waals surface area contributed by atoms with Crippen molar-refractivity contribution in [2.24, 2.45) is 0 Å². The average Bonchev–Trinajstić information content (AvgIpc) is 2.61. The molecule has 1 fully saturated rings. The van der Waals surface area contributed by atoms with Crippen LogP contribution in [0.1, 0.15) is 20.3 Å². The molecule has 1 saturated heterocycles. The molecular formula is C12H19N3O5. The number of hydrogen-bond donors (Lipinski definition) is 1. The van der Waals surface area contributed by atoms with Gasteiger partial charge >= 0.3 is 12.0 Å². The van der Waals surface area contributed by atoms with E-state index in [9.17, 15) is 19.2 Å². The molecule has 0 aromatic heterocycles. The van der Waals surface area contributed by atoms with Gasteiger partial charge in [-0.05, 0) is 13.3 Å². The SMILES string of the molecule is CC[C@@H](C)N(CC(=O)O)C(=O)CN1C(=O)CN(C)C1=O. The van der Waals surface area contributed by atoms with Gasteiger partial charge in [0.15, 0.2) is 0 Å². The Morgan fingerprint density at radius 1 is 1.40 bits per heavy atom. The molecule has 1 heterocycles. The van der Waals surface area contributed by atoms with Crippen molar-refractivity contribution in [2.75, 3.05) is 26.7 Å². The molecule has 112 valence electrons. The van der Waals surface area contributed by atoms with E-state index in [0.717, 1.165) is 4.90 Å². The van der Waals surface area contributed by atoms with Crippen LogP contribution in [0.3, 0.4) is 0 Å². The van der Waals surface area contributed by atoms with Gasteiger partial charge in [-0.2, -0.15) is 0 Å². The lowest BCUT2D eigenvalue weighted by atomic mass is 10.2. The number of nitrogens with zero attached hydrogens (tertiary/aromatic N) is 3. The predicted octanol–water partition coefficient (Wildman–Crippen LogP) is -0.408. The van der Waals surface area contributed by atoms with Crippen molar-refractivity contribution in [1.29, 1.82) is 0 Å². The minimum Gasteiger partial charge on any atom is -0.480 e. The fraction of sp³-hybridized carbons (Fsp3) is 0.667. The molecule has 0 bridgehead atoms. The number of urea groups is 1. The molecule has 1 rings (SSSR count). The molecule has 1 aliphatic rings. The number of amides is 4. The van der Waals surface area contributed by atoms with Gasteiger partial charge in [-0.25, -0.2) is 4.79 Å². The Hall–Kier alpha value is -2.12. The number of carbonyl (C=O) groups is 4. The fourth-order valence-corrected chi connectivity index (χ4v) is 1.91. The normalized spacial score (nSPS) is 16.6. The Labute approximate surface area is 116 Å². The summed E-state index contributed by atoms with van der Waals surface area (Å²) in [6, 6.07) is -0.813. The minimum absolute atomic E-state index is 0.0611. The molecule has 0 radical (unpaired) electrons. The van der Waals surface area contributed by atoms with Gasteiger partial charge < -0.3 is 14.9 Å². The van der Waals surface area contributed by atoms with Crippen LogP contribution >= 0.6 is 0 Å². The first kappa shape index (κ1) is 15.9. The predicted molar refractivity (Wildman–Crippen MR) is 68.8 cm³/mol. The Balaban J connectivity index is 2.78. The van der Waals surface area contributed by atoms with Crippen molar-refractivity contribution in [2.45, 2.75) is 26.3 Å². The van der Waals surface area contributed by atoms with Crippen LogP contribution in [0.4, 0.5) is 4.79 Å². The molecule has 8 heteroatoms. The molecule has 0 aliphatic carbocycles. The van der Waals surface area contributed by atoms with Crippen molar-refractivity contribution in [3.8, 4) is 0 Å². The highest BCUT2D eigenvalue weighted by Crippen LogP contribution is 2.10. The van der Waals surface area contributed by atoms with Crippen LogP contribution in [-0.2, 0) is 14.4 Å². The van der Waals surface area contributed by atoms with E-state index in [1.807, 2.05) is 6.92 Å². The number of rotatable bonds is 6. The van der Waals surface area contributed by atoms with Gasteiger partial charge in [0.2, 0.25) is 5.91 Å². The maximum atomic E-state index is 12.1. The van der Waals surface area contributed by atoms with E-state index in [1.54, 1.807) is 6.92 Å². The molecule has 4 amide bonds. The molecular weight excluding hydrogens is 266 g/mol. The maximum Gasteiger partial charge on any atom is 0.327 e. The third-order valence-corrected chi connectivity index (χ3v) is 3.27. The highest BCUT2D eigenvalue weighted by atomic mass is 16.4. The van der Waals surface area contributed by atoms with Crippen molar-refractivity contribution in [3.05, 3.63) is 0 Å². The van der Waals surface area contributed by atoms with E-state index in [-0.39, 0.29) is 12.6 Å². The molecule has 8 nitrogen and oxygen atoms in total. The molecule has 0 spiro atoms. The molecule has 20 heavy (non-hydrogen) atoms. The van der Waals surface area contributed by atoms with E-state index in [0.29, 0.717) is 6.42 Å². The van der Waals surface area contributed by atoms with Crippen LogP contribution in [0.25, 0.3) is 0 Å². The van der Waals surface area contributed by atoms with Crippen LogP contribution < -0.4 is 0 Å². The largest absolute Gasteiger partial charge is 0.480 e. The first-order valence-electron chi connectivity index (χ1n) is 6.34. The Kier molecular flexibility index (Phi) is 5.06. The van der Waals surface area contributed by atoms with Crippen molar-refractivity contribution < 1.29 is 24.3 Å². The van der Waals surface area contributed by atoms with Crippen LogP contribution in [-0.4, -0.2) is 76.3 Å². The topological polar surface area (TPSA) is 98.2 Å². The molecule has 0 unspecified atom stereocenters.